The summed E-state index contributed by atoms with van der Waals surface area (Å²) in [5.74, 6) is 1.89. The minimum atomic E-state index is -0.206. The van der Waals surface area contributed by atoms with Gasteiger partial charge in [0.15, 0.2) is 5.75 Å². The Labute approximate surface area is 130 Å². The molecule has 0 bridgehead atoms. The van der Waals surface area contributed by atoms with E-state index < -0.39 is 0 Å². The van der Waals surface area contributed by atoms with Crippen LogP contribution in [0.1, 0.15) is 31.3 Å². The summed E-state index contributed by atoms with van der Waals surface area (Å²) < 4.78 is 6.45. The fourth-order valence-corrected chi connectivity index (χ4v) is 2.34. The van der Waals surface area contributed by atoms with Crippen LogP contribution in [0.15, 0.2) is 28.9 Å². The SMILES string of the molecule is CC(C)c1ncc(Oc2ccc(Cl)cc2Br)c(CO)n1. The largest absolute Gasteiger partial charge is 0.453 e. The molecule has 1 aromatic heterocycles. The molecule has 0 amide bonds. The maximum Gasteiger partial charge on any atom is 0.169 e. The Balaban J connectivity index is 2.33. The number of hydrogen-bond acceptors (Lipinski definition) is 4. The quantitative estimate of drug-likeness (QED) is 0.886. The van der Waals surface area contributed by atoms with Crippen molar-refractivity contribution in [1.82, 2.24) is 9.97 Å². The van der Waals surface area contributed by atoms with Crippen LogP contribution in [0, 0.1) is 0 Å². The average Bonchev–Trinajstić information content (AvgIpc) is 2.42. The normalized spacial score (nSPS) is 10.9. The maximum atomic E-state index is 9.41. The van der Waals surface area contributed by atoms with E-state index in [1.807, 2.05) is 13.8 Å². The minimum absolute atomic E-state index is 0.191. The molecule has 0 aliphatic heterocycles. The first-order valence-corrected chi connectivity index (χ1v) is 7.28. The zero-order chi connectivity index (χ0) is 14.7. The topological polar surface area (TPSA) is 55.2 Å². The van der Waals surface area contributed by atoms with Gasteiger partial charge in [0.1, 0.15) is 17.3 Å². The Bertz CT molecular complexity index is 620. The third-order valence-corrected chi connectivity index (χ3v) is 3.48. The molecule has 1 heterocycles. The van der Waals surface area contributed by atoms with Crippen molar-refractivity contribution in [2.45, 2.75) is 26.4 Å². The Kier molecular flexibility index (Phi) is 4.96. The number of rotatable bonds is 4. The van der Waals surface area contributed by atoms with E-state index in [1.54, 1.807) is 24.4 Å². The molecule has 0 fully saturated rings. The van der Waals surface area contributed by atoms with Crippen molar-refractivity contribution in [3.05, 3.63) is 45.4 Å². The molecule has 106 valence electrons. The molecule has 1 N–H and O–H groups in total. The van der Waals surface area contributed by atoms with Gasteiger partial charge in [-0.2, -0.15) is 0 Å². The number of halogens is 2. The molecule has 4 nitrogen and oxygen atoms in total. The number of ether oxygens (including phenoxy) is 1. The Morgan fingerprint density at radius 1 is 1.35 bits per heavy atom. The highest BCUT2D eigenvalue weighted by molar-refractivity contribution is 9.10. The predicted molar refractivity (Wildman–Crippen MR) is 81.3 cm³/mol. The first-order chi connectivity index (χ1) is 9.51. The van der Waals surface area contributed by atoms with Crippen molar-refractivity contribution in [2.24, 2.45) is 0 Å². The smallest absolute Gasteiger partial charge is 0.169 e. The number of aliphatic hydroxyl groups excluding tert-OH is 1. The number of benzene rings is 1. The Morgan fingerprint density at radius 2 is 2.10 bits per heavy atom. The molecule has 0 atom stereocenters. The second-order valence-electron chi connectivity index (χ2n) is 4.53. The monoisotopic (exact) mass is 356 g/mol. The van der Waals surface area contributed by atoms with Crippen molar-refractivity contribution < 1.29 is 9.84 Å². The Morgan fingerprint density at radius 3 is 2.70 bits per heavy atom. The summed E-state index contributed by atoms with van der Waals surface area (Å²) in [6.45, 7) is 3.78. The highest BCUT2D eigenvalue weighted by Gasteiger charge is 2.12. The van der Waals surface area contributed by atoms with Crippen molar-refractivity contribution in [1.29, 1.82) is 0 Å². The van der Waals surface area contributed by atoms with Crippen LogP contribution in [0.4, 0.5) is 0 Å². The van der Waals surface area contributed by atoms with Crippen LogP contribution >= 0.6 is 27.5 Å². The first kappa shape index (κ1) is 15.2. The molecule has 0 unspecified atom stereocenters. The van der Waals surface area contributed by atoms with Crippen LogP contribution in [0.3, 0.4) is 0 Å². The van der Waals surface area contributed by atoms with Gasteiger partial charge in [0.2, 0.25) is 0 Å². The fourth-order valence-electron chi connectivity index (χ4n) is 1.57. The molecule has 0 spiro atoms. The van der Waals surface area contributed by atoms with E-state index in [1.165, 1.54) is 0 Å². The van der Waals surface area contributed by atoms with Crippen LogP contribution in [0.5, 0.6) is 11.5 Å². The van der Waals surface area contributed by atoms with E-state index in [2.05, 4.69) is 25.9 Å². The molecule has 0 radical (unpaired) electrons. The minimum Gasteiger partial charge on any atom is -0.453 e. The van der Waals surface area contributed by atoms with Crippen LogP contribution in [-0.4, -0.2) is 15.1 Å². The van der Waals surface area contributed by atoms with Gasteiger partial charge in [-0.25, -0.2) is 9.97 Å². The summed E-state index contributed by atoms with van der Waals surface area (Å²) in [6, 6.07) is 5.20. The lowest BCUT2D eigenvalue weighted by Gasteiger charge is -2.12. The zero-order valence-corrected chi connectivity index (χ0v) is 13.4. The van der Waals surface area contributed by atoms with Gasteiger partial charge < -0.3 is 9.84 Å². The molecule has 2 aromatic rings. The molecule has 0 saturated heterocycles. The van der Waals surface area contributed by atoms with Crippen LogP contribution in [0.25, 0.3) is 0 Å². The molecular weight excluding hydrogens is 344 g/mol. The van der Waals surface area contributed by atoms with Crippen LogP contribution in [0.2, 0.25) is 5.02 Å². The van der Waals surface area contributed by atoms with Crippen molar-refractivity contribution in [3.8, 4) is 11.5 Å². The number of aromatic nitrogens is 2. The van der Waals surface area contributed by atoms with Gasteiger partial charge in [0.05, 0.1) is 17.3 Å². The highest BCUT2D eigenvalue weighted by atomic mass is 79.9. The second-order valence-corrected chi connectivity index (χ2v) is 5.82. The van der Waals surface area contributed by atoms with Gasteiger partial charge >= 0.3 is 0 Å². The zero-order valence-electron chi connectivity index (χ0n) is 11.1. The van der Waals surface area contributed by atoms with Gasteiger partial charge in [-0.3, -0.25) is 0 Å². The fraction of sp³-hybridized carbons (Fsp3) is 0.286. The van der Waals surface area contributed by atoms with E-state index in [-0.39, 0.29) is 12.5 Å². The van der Waals surface area contributed by atoms with E-state index >= 15 is 0 Å². The summed E-state index contributed by atoms with van der Waals surface area (Å²) in [5.41, 5.74) is 0.463. The second kappa shape index (κ2) is 6.52. The number of hydrogen-bond donors (Lipinski definition) is 1. The molecule has 0 aliphatic rings. The van der Waals surface area contributed by atoms with Crippen molar-refractivity contribution in [2.75, 3.05) is 0 Å². The molecule has 0 aliphatic carbocycles. The van der Waals surface area contributed by atoms with Crippen LogP contribution in [-0.2, 0) is 6.61 Å². The summed E-state index contributed by atoms with van der Waals surface area (Å²) in [5, 5.41) is 10.0. The lowest BCUT2D eigenvalue weighted by molar-refractivity contribution is 0.269. The molecule has 20 heavy (non-hydrogen) atoms. The van der Waals surface area contributed by atoms with E-state index in [9.17, 15) is 5.11 Å². The van der Waals surface area contributed by atoms with Crippen LogP contribution < -0.4 is 4.74 Å². The number of aliphatic hydroxyl groups is 1. The molecule has 2 rings (SSSR count). The van der Waals surface area contributed by atoms with Crippen molar-refractivity contribution in [3.63, 3.8) is 0 Å². The average molecular weight is 358 g/mol. The molecule has 6 heteroatoms. The number of nitrogens with zero attached hydrogens (tertiary/aromatic N) is 2. The first-order valence-electron chi connectivity index (χ1n) is 6.11. The van der Waals surface area contributed by atoms with E-state index in [0.717, 1.165) is 4.47 Å². The van der Waals surface area contributed by atoms with E-state index in [0.29, 0.717) is 28.0 Å². The van der Waals surface area contributed by atoms with Gasteiger partial charge in [0, 0.05) is 10.9 Å². The third-order valence-electron chi connectivity index (χ3n) is 2.63. The molecule has 0 saturated carbocycles. The lowest BCUT2D eigenvalue weighted by Crippen LogP contribution is -2.03. The summed E-state index contributed by atoms with van der Waals surface area (Å²) in [7, 11) is 0. The highest BCUT2D eigenvalue weighted by Crippen LogP contribution is 2.33. The standard InChI is InChI=1S/C14H14BrClN2O2/c1-8(2)14-17-6-13(11(7-19)18-14)20-12-4-3-9(16)5-10(12)15/h3-6,8,19H,7H2,1-2H3. The Hall–Kier alpha value is -1.17. The third kappa shape index (κ3) is 3.48. The maximum absolute atomic E-state index is 9.41. The predicted octanol–water partition coefficient (Wildman–Crippen LogP) is 4.30. The van der Waals surface area contributed by atoms with Gasteiger partial charge in [-0.15, -0.1) is 0 Å². The molecule has 1 aromatic carbocycles. The summed E-state index contributed by atoms with van der Waals surface area (Å²) >= 11 is 9.26. The van der Waals surface area contributed by atoms with Crippen molar-refractivity contribution >= 4 is 27.5 Å². The lowest BCUT2D eigenvalue weighted by atomic mass is 10.2. The van der Waals surface area contributed by atoms with Gasteiger partial charge in [-0.1, -0.05) is 25.4 Å². The van der Waals surface area contributed by atoms with E-state index in [4.69, 9.17) is 16.3 Å². The summed E-state index contributed by atoms with van der Waals surface area (Å²) in [6.07, 6.45) is 1.58. The summed E-state index contributed by atoms with van der Waals surface area (Å²) in [4.78, 5) is 8.55. The molecular formula is C14H14BrClN2O2. The van der Waals surface area contributed by atoms with Gasteiger partial charge in [-0.05, 0) is 34.1 Å². The van der Waals surface area contributed by atoms with Gasteiger partial charge in [0.25, 0.3) is 0 Å².